The van der Waals surface area contributed by atoms with Crippen LogP contribution < -0.4 is 4.72 Å². The van der Waals surface area contributed by atoms with E-state index >= 15 is 0 Å². The van der Waals surface area contributed by atoms with E-state index in [2.05, 4.69) is 4.72 Å². The molecule has 0 amide bonds. The van der Waals surface area contributed by atoms with Crippen LogP contribution in [0.15, 0.2) is 23.1 Å². The van der Waals surface area contributed by atoms with Crippen LogP contribution in [-0.2, 0) is 21.2 Å². The Kier molecular flexibility index (Phi) is 4.74. The summed E-state index contributed by atoms with van der Waals surface area (Å²) in [5.41, 5.74) is 1.37. The molecule has 0 saturated carbocycles. The molecule has 0 saturated heterocycles. The number of aryl methyl sites for hydroxylation is 1. The first-order chi connectivity index (χ1) is 9.90. The lowest BCUT2D eigenvalue weighted by Crippen LogP contribution is -2.25. The monoisotopic (exact) mass is 311 g/mol. The van der Waals surface area contributed by atoms with Crippen molar-refractivity contribution in [2.24, 2.45) is 0 Å². The summed E-state index contributed by atoms with van der Waals surface area (Å²) >= 11 is 0. The number of hydrogen-bond donors (Lipinski definition) is 2. The number of carbonyl (C=O) groups excluding carboxylic acids is 1. The molecule has 7 heteroatoms. The van der Waals surface area contributed by atoms with Crippen molar-refractivity contribution in [3.8, 4) is 0 Å². The molecular formula is C14H17NO5S. The molecule has 1 aliphatic rings. The smallest absolute Gasteiger partial charge is 0.303 e. The number of benzene rings is 1. The van der Waals surface area contributed by atoms with Gasteiger partial charge in [-0.25, -0.2) is 13.1 Å². The van der Waals surface area contributed by atoms with Crippen LogP contribution in [0.2, 0.25) is 0 Å². The van der Waals surface area contributed by atoms with Crippen LogP contribution in [0, 0.1) is 0 Å². The Labute approximate surface area is 123 Å². The van der Waals surface area contributed by atoms with Gasteiger partial charge in [-0.1, -0.05) is 0 Å². The summed E-state index contributed by atoms with van der Waals surface area (Å²) in [7, 11) is -3.66. The lowest BCUT2D eigenvalue weighted by molar-refractivity contribution is -0.137. The molecule has 0 fully saturated rings. The van der Waals surface area contributed by atoms with Gasteiger partial charge in [-0.05, 0) is 43.0 Å². The fraction of sp³-hybridized carbons (Fsp3) is 0.429. The number of nitrogens with one attached hydrogen (secondary N) is 1. The van der Waals surface area contributed by atoms with E-state index in [9.17, 15) is 18.0 Å². The number of fused-ring (bicyclic) bond motifs is 1. The number of carboxylic acids is 1. The van der Waals surface area contributed by atoms with Gasteiger partial charge in [-0.2, -0.15) is 0 Å². The quantitative estimate of drug-likeness (QED) is 0.772. The molecule has 2 rings (SSSR count). The lowest BCUT2D eigenvalue weighted by atomic mass is 9.91. The molecule has 21 heavy (non-hydrogen) atoms. The Morgan fingerprint density at radius 1 is 1.29 bits per heavy atom. The number of Topliss-reactive ketones (excluding diaryl/α,β-unsaturated/α-hetero) is 1. The molecule has 0 aliphatic heterocycles. The van der Waals surface area contributed by atoms with Crippen LogP contribution in [0.1, 0.15) is 41.6 Å². The predicted octanol–water partition coefficient (Wildman–Crippen LogP) is 1.35. The number of aliphatic carboxylic acids is 1. The van der Waals surface area contributed by atoms with Crippen LogP contribution in [0.4, 0.5) is 0 Å². The second-order valence-corrected chi connectivity index (χ2v) is 6.76. The minimum absolute atomic E-state index is 0.0506. The highest BCUT2D eigenvalue weighted by Crippen LogP contribution is 2.24. The standard InChI is InChI=1S/C14H17NO5S/c16-13-4-1-3-10-9-11(6-7-12(10)13)21(19,20)15-8-2-5-14(17)18/h6-7,9,15H,1-5,8H2,(H,17,18). The average molecular weight is 311 g/mol. The Hall–Kier alpha value is -1.73. The minimum Gasteiger partial charge on any atom is -0.481 e. The van der Waals surface area contributed by atoms with Crippen molar-refractivity contribution in [3.05, 3.63) is 29.3 Å². The van der Waals surface area contributed by atoms with E-state index < -0.39 is 16.0 Å². The van der Waals surface area contributed by atoms with Gasteiger partial charge in [0, 0.05) is 24.9 Å². The highest BCUT2D eigenvalue weighted by molar-refractivity contribution is 7.89. The fourth-order valence-electron chi connectivity index (χ4n) is 2.32. The lowest BCUT2D eigenvalue weighted by Gasteiger charge is -2.15. The largest absolute Gasteiger partial charge is 0.481 e. The number of rotatable bonds is 6. The van der Waals surface area contributed by atoms with Gasteiger partial charge in [0.2, 0.25) is 10.0 Å². The summed E-state index contributed by atoms with van der Waals surface area (Å²) in [6.45, 7) is 0.0741. The summed E-state index contributed by atoms with van der Waals surface area (Å²) in [5, 5.41) is 8.51. The second-order valence-electron chi connectivity index (χ2n) is 4.99. The molecule has 0 unspecified atom stereocenters. The van der Waals surface area contributed by atoms with Crippen LogP contribution in [0.5, 0.6) is 0 Å². The van der Waals surface area contributed by atoms with E-state index in [1.165, 1.54) is 12.1 Å². The number of sulfonamides is 1. The van der Waals surface area contributed by atoms with Crippen LogP contribution in [-0.4, -0.2) is 31.8 Å². The van der Waals surface area contributed by atoms with Gasteiger partial charge in [0.1, 0.15) is 0 Å². The van der Waals surface area contributed by atoms with Crippen molar-refractivity contribution in [2.45, 2.75) is 37.0 Å². The van der Waals surface area contributed by atoms with E-state index in [-0.39, 0.29) is 30.1 Å². The maximum Gasteiger partial charge on any atom is 0.303 e. The van der Waals surface area contributed by atoms with Gasteiger partial charge >= 0.3 is 5.97 Å². The van der Waals surface area contributed by atoms with Crippen LogP contribution in [0.25, 0.3) is 0 Å². The Morgan fingerprint density at radius 2 is 2.05 bits per heavy atom. The fourth-order valence-corrected chi connectivity index (χ4v) is 3.44. The molecule has 2 N–H and O–H groups in total. The van der Waals surface area contributed by atoms with Crippen molar-refractivity contribution in [1.82, 2.24) is 4.72 Å². The van der Waals surface area contributed by atoms with Gasteiger partial charge in [0.05, 0.1) is 4.90 Å². The van der Waals surface area contributed by atoms with Gasteiger partial charge in [0.25, 0.3) is 0 Å². The molecule has 6 nitrogen and oxygen atoms in total. The topological polar surface area (TPSA) is 101 Å². The molecule has 114 valence electrons. The first kappa shape index (κ1) is 15.7. The molecule has 0 bridgehead atoms. The van der Waals surface area contributed by atoms with E-state index in [0.717, 1.165) is 12.0 Å². The summed E-state index contributed by atoms with van der Waals surface area (Å²) in [5.74, 6) is -0.906. The normalized spacial score (nSPS) is 14.8. The van der Waals surface area contributed by atoms with E-state index in [1.54, 1.807) is 6.07 Å². The number of carbonyl (C=O) groups is 2. The van der Waals surface area contributed by atoms with Crippen molar-refractivity contribution in [3.63, 3.8) is 0 Å². The summed E-state index contributed by atoms with van der Waals surface area (Å²) < 4.78 is 26.6. The highest BCUT2D eigenvalue weighted by atomic mass is 32.2. The van der Waals surface area contributed by atoms with Crippen molar-refractivity contribution in [2.75, 3.05) is 6.54 Å². The predicted molar refractivity (Wildman–Crippen MR) is 75.8 cm³/mol. The molecule has 0 spiro atoms. The van der Waals surface area contributed by atoms with E-state index in [0.29, 0.717) is 18.4 Å². The first-order valence-electron chi connectivity index (χ1n) is 6.78. The molecule has 1 aromatic rings. The van der Waals surface area contributed by atoms with Crippen molar-refractivity contribution in [1.29, 1.82) is 0 Å². The maximum atomic E-state index is 12.1. The van der Waals surface area contributed by atoms with E-state index in [1.807, 2.05) is 0 Å². The molecular weight excluding hydrogens is 294 g/mol. The van der Waals surface area contributed by atoms with Gasteiger partial charge < -0.3 is 5.11 Å². The second kappa shape index (κ2) is 6.36. The van der Waals surface area contributed by atoms with Crippen LogP contribution >= 0.6 is 0 Å². The third kappa shape index (κ3) is 3.89. The Bertz CT molecular complexity index is 666. The van der Waals surface area contributed by atoms with Crippen molar-refractivity contribution < 1.29 is 23.1 Å². The molecule has 1 aliphatic carbocycles. The molecule has 1 aromatic carbocycles. The molecule has 0 radical (unpaired) electrons. The molecule has 0 heterocycles. The summed E-state index contributed by atoms with van der Waals surface area (Å²) in [6.07, 6.45) is 2.09. The number of hydrogen-bond acceptors (Lipinski definition) is 4. The highest BCUT2D eigenvalue weighted by Gasteiger charge is 2.21. The minimum atomic E-state index is -3.66. The molecule has 0 aromatic heterocycles. The summed E-state index contributed by atoms with van der Waals surface area (Å²) in [4.78, 5) is 22.2. The zero-order chi connectivity index (χ0) is 15.5. The average Bonchev–Trinajstić information content (AvgIpc) is 2.43. The number of carboxylic acid groups (broad SMARTS) is 1. The zero-order valence-corrected chi connectivity index (χ0v) is 12.3. The van der Waals surface area contributed by atoms with E-state index in [4.69, 9.17) is 5.11 Å². The Morgan fingerprint density at radius 3 is 2.76 bits per heavy atom. The van der Waals surface area contributed by atoms with Gasteiger partial charge in [-0.3, -0.25) is 9.59 Å². The zero-order valence-electron chi connectivity index (χ0n) is 11.5. The van der Waals surface area contributed by atoms with Crippen LogP contribution in [0.3, 0.4) is 0 Å². The SMILES string of the molecule is O=C(O)CCCNS(=O)(=O)c1ccc2c(c1)CCCC2=O. The van der Waals surface area contributed by atoms with Gasteiger partial charge in [-0.15, -0.1) is 0 Å². The first-order valence-corrected chi connectivity index (χ1v) is 8.26. The molecule has 0 atom stereocenters. The Balaban J connectivity index is 2.10. The summed E-state index contributed by atoms with van der Waals surface area (Å²) in [6, 6.07) is 4.51. The van der Waals surface area contributed by atoms with Crippen molar-refractivity contribution >= 4 is 21.8 Å². The maximum absolute atomic E-state index is 12.1. The van der Waals surface area contributed by atoms with Gasteiger partial charge in [0.15, 0.2) is 5.78 Å². The number of ketones is 1. The third-order valence-corrected chi connectivity index (χ3v) is 4.86. The third-order valence-electron chi connectivity index (χ3n) is 3.40.